The number of halogens is 3. The number of hydrogen-bond acceptors (Lipinski definition) is 12. The first kappa shape index (κ1) is 40.0. The molecule has 284 valence electrons. The van der Waals surface area contributed by atoms with Gasteiger partial charge in [0.2, 0.25) is 0 Å². The highest BCUT2D eigenvalue weighted by molar-refractivity contribution is 8.00. The number of allylic oxidation sites excluding steroid dienone is 2. The fraction of sp³-hybridized carbons (Fsp3) is 0.368. The molecule has 1 aromatic heterocycles. The number of esters is 3. The van der Waals surface area contributed by atoms with Gasteiger partial charge in [0.1, 0.15) is 36.7 Å². The summed E-state index contributed by atoms with van der Waals surface area (Å²) >= 11 is 1.25. The van der Waals surface area contributed by atoms with Crippen molar-refractivity contribution in [3.63, 3.8) is 0 Å². The smallest absolute Gasteiger partial charge is 0.324 e. The lowest BCUT2D eigenvalue weighted by molar-refractivity contribution is -0.179. The summed E-state index contributed by atoms with van der Waals surface area (Å²) < 4.78 is 74.2. The zero-order valence-electron chi connectivity index (χ0n) is 29.4. The van der Waals surface area contributed by atoms with Crippen LogP contribution in [-0.4, -0.2) is 75.9 Å². The monoisotopic (exact) mass is 766 g/mol. The van der Waals surface area contributed by atoms with Crippen LogP contribution in [0.4, 0.5) is 13.2 Å². The number of benzene rings is 2. The maximum Gasteiger partial charge on any atom is 0.324 e. The van der Waals surface area contributed by atoms with E-state index in [4.69, 9.17) is 28.9 Å². The van der Waals surface area contributed by atoms with Crippen LogP contribution in [0.2, 0.25) is 0 Å². The number of carbonyl (C=O) groups excluding carboxylic acids is 3. The summed E-state index contributed by atoms with van der Waals surface area (Å²) in [5.41, 5.74) is -3.50. The van der Waals surface area contributed by atoms with E-state index in [9.17, 15) is 23.2 Å². The van der Waals surface area contributed by atoms with E-state index in [1.165, 1.54) is 66.4 Å². The number of nitrogens with zero attached hydrogens (tertiary/aromatic N) is 4. The van der Waals surface area contributed by atoms with Gasteiger partial charge in [-0.1, -0.05) is 36.9 Å². The largest absolute Gasteiger partial charge is 0.466 e. The molecular formula is C38H37F3N4O8S. The van der Waals surface area contributed by atoms with Crippen molar-refractivity contribution in [2.75, 3.05) is 26.4 Å². The fourth-order valence-electron chi connectivity index (χ4n) is 5.98. The van der Waals surface area contributed by atoms with Crippen molar-refractivity contribution in [3.05, 3.63) is 114 Å². The minimum atomic E-state index is -1.93. The van der Waals surface area contributed by atoms with Crippen LogP contribution in [0.25, 0.3) is 6.08 Å². The summed E-state index contributed by atoms with van der Waals surface area (Å²) in [5, 5.41) is 11.9. The molecule has 16 heteroatoms. The molecule has 0 N–H and O–H groups in total. The van der Waals surface area contributed by atoms with Gasteiger partial charge in [0, 0.05) is 35.3 Å². The molecule has 1 aliphatic carbocycles. The molecule has 2 aromatic carbocycles. The Balaban J connectivity index is 1.38. The van der Waals surface area contributed by atoms with Crippen molar-refractivity contribution in [2.24, 2.45) is 11.3 Å². The van der Waals surface area contributed by atoms with Gasteiger partial charge >= 0.3 is 17.9 Å². The van der Waals surface area contributed by atoms with E-state index in [1.54, 1.807) is 25.2 Å². The van der Waals surface area contributed by atoms with E-state index in [0.717, 1.165) is 12.1 Å². The Bertz CT molecular complexity index is 1950. The first-order valence-electron chi connectivity index (χ1n) is 16.8. The lowest BCUT2D eigenvalue weighted by atomic mass is 9.88. The van der Waals surface area contributed by atoms with Gasteiger partial charge in [0.15, 0.2) is 17.3 Å². The maximum absolute atomic E-state index is 15.9. The van der Waals surface area contributed by atoms with Crippen LogP contribution < -0.4 is 0 Å². The molecule has 0 bridgehead atoms. The van der Waals surface area contributed by atoms with Crippen LogP contribution in [0.15, 0.2) is 79.9 Å². The number of nitriles is 1. The lowest BCUT2D eigenvalue weighted by Crippen LogP contribution is -2.49. The van der Waals surface area contributed by atoms with Crippen molar-refractivity contribution < 1.29 is 51.2 Å². The third-order valence-corrected chi connectivity index (χ3v) is 10.4. The molecule has 2 fully saturated rings. The standard InChI is InChI=1S/C38H37F3N4O8S/c1-4-13-49-35(47)37(16-28(37)18-50-25(3)46)36(48)53-38(21-45-23-43-22-44-45,31-12-11-29(39)15-33(31)41)24(2)54-30-19-51-34(52-20-30)8-6-5-7-27-10-9-26(17-42)14-32(27)40/h4-12,14-15,22-24,28,30,34H,1,13,16,18-21H2,2-3H3/t24-,28?,30?,34?,37?,38-/m1/s1. The third kappa shape index (κ3) is 9.27. The lowest BCUT2D eigenvalue weighted by Gasteiger charge is -2.41. The third-order valence-electron chi connectivity index (χ3n) is 8.91. The Morgan fingerprint density at radius 2 is 1.91 bits per heavy atom. The van der Waals surface area contributed by atoms with Gasteiger partial charge < -0.3 is 23.7 Å². The molecular weight excluding hydrogens is 729 g/mol. The molecule has 2 heterocycles. The van der Waals surface area contributed by atoms with Crippen LogP contribution >= 0.6 is 11.8 Å². The summed E-state index contributed by atoms with van der Waals surface area (Å²) in [6.07, 6.45) is 9.47. The van der Waals surface area contributed by atoms with Gasteiger partial charge in [-0.25, -0.2) is 22.8 Å². The Hall–Kier alpha value is -5.24. The minimum Gasteiger partial charge on any atom is -0.466 e. The second-order valence-electron chi connectivity index (χ2n) is 12.6. The van der Waals surface area contributed by atoms with E-state index >= 15 is 4.39 Å². The molecule has 1 saturated carbocycles. The van der Waals surface area contributed by atoms with Gasteiger partial charge in [-0.15, -0.1) is 11.8 Å². The zero-order valence-corrected chi connectivity index (χ0v) is 30.2. The van der Waals surface area contributed by atoms with Crippen LogP contribution in [-0.2, 0) is 50.2 Å². The first-order valence-corrected chi connectivity index (χ1v) is 17.7. The van der Waals surface area contributed by atoms with Crippen LogP contribution in [0.5, 0.6) is 0 Å². The maximum atomic E-state index is 15.9. The second-order valence-corrected chi connectivity index (χ2v) is 14.2. The first-order chi connectivity index (χ1) is 25.9. The molecule has 4 atom stereocenters. The highest BCUT2D eigenvalue weighted by Gasteiger charge is 2.70. The zero-order chi connectivity index (χ0) is 38.9. The van der Waals surface area contributed by atoms with E-state index in [0.29, 0.717) is 11.6 Å². The molecule has 1 aliphatic heterocycles. The quantitative estimate of drug-likeness (QED) is 0.0601. The Labute approximate surface area is 313 Å². The molecule has 5 rings (SSSR count). The Kier molecular flexibility index (Phi) is 13.1. The second kappa shape index (κ2) is 17.7. The van der Waals surface area contributed by atoms with Crippen molar-refractivity contribution in [1.29, 1.82) is 5.26 Å². The van der Waals surface area contributed by atoms with Gasteiger partial charge in [-0.2, -0.15) is 10.4 Å². The topological polar surface area (TPSA) is 152 Å². The number of hydrogen-bond donors (Lipinski definition) is 0. The van der Waals surface area contributed by atoms with Gasteiger partial charge in [-0.3, -0.25) is 14.4 Å². The summed E-state index contributed by atoms with van der Waals surface area (Å²) in [7, 11) is 0. The average Bonchev–Trinajstić information content (AvgIpc) is 3.68. The minimum absolute atomic E-state index is 0.0707. The number of thioether (sulfide) groups is 1. The molecule has 2 unspecified atom stereocenters. The molecule has 1 saturated heterocycles. The predicted octanol–water partition coefficient (Wildman–Crippen LogP) is 5.44. The van der Waals surface area contributed by atoms with Crippen molar-refractivity contribution >= 4 is 35.7 Å². The van der Waals surface area contributed by atoms with Crippen LogP contribution in [0, 0.1) is 40.1 Å². The van der Waals surface area contributed by atoms with E-state index in [-0.39, 0.29) is 55.8 Å². The van der Waals surface area contributed by atoms with Crippen molar-refractivity contribution in [1.82, 2.24) is 14.8 Å². The van der Waals surface area contributed by atoms with Crippen LogP contribution in [0.3, 0.4) is 0 Å². The van der Waals surface area contributed by atoms with E-state index < -0.39 is 63.8 Å². The summed E-state index contributed by atoms with van der Waals surface area (Å²) in [6.45, 7) is 5.94. The normalized spacial score (nSPS) is 22.6. The molecule has 12 nitrogen and oxygen atoms in total. The number of ether oxygens (including phenoxy) is 5. The molecule has 0 spiro atoms. The molecule has 3 aromatic rings. The van der Waals surface area contributed by atoms with Gasteiger partial charge in [0.05, 0.1) is 43.2 Å². The molecule has 54 heavy (non-hydrogen) atoms. The van der Waals surface area contributed by atoms with E-state index in [1.807, 2.05) is 6.07 Å². The van der Waals surface area contributed by atoms with Crippen molar-refractivity contribution in [3.8, 4) is 6.07 Å². The average molecular weight is 767 g/mol. The van der Waals surface area contributed by atoms with Gasteiger partial charge in [0.25, 0.3) is 0 Å². The highest BCUT2D eigenvalue weighted by Crippen LogP contribution is 2.56. The molecule has 0 amide bonds. The van der Waals surface area contributed by atoms with E-state index in [2.05, 4.69) is 16.7 Å². The van der Waals surface area contributed by atoms with Gasteiger partial charge in [-0.05, 0) is 43.7 Å². The number of aromatic nitrogens is 3. The fourth-order valence-corrected chi connectivity index (χ4v) is 7.34. The highest BCUT2D eigenvalue weighted by atomic mass is 32.2. The SMILES string of the molecule is C=CCOC(=O)C1(C(=O)O[C@@](Cn2cncn2)(c2ccc(F)cc2F)[C@@H](C)SC2COC(C=CC=Cc3ccc(C#N)cc3F)OC2)CC1COC(C)=O. The summed E-state index contributed by atoms with van der Waals surface area (Å²) in [6, 6.07) is 8.90. The molecule has 2 aliphatic rings. The summed E-state index contributed by atoms with van der Waals surface area (Å²) in [5.74, 6) is -5.81. The summed E-state index contributed by atoms with van der Waals surface area (Å²) in [4.78, 5) is 43.3. The Morgan fingerprint density at radius 3 is 2.56 bits per heavy atom. The Morgan fingerprint density at radius 1 is 1.13 bits per heavy atom. The van der Waals surface area contributed by atoms with Crippen LogP contribution in [0.1, 0.15) is 37.0 Å². The number of carbonyl (C=O) groups is 3. The number of rotatable bonds is 16. The molecule has 0 radical (unpaired) electrons. The van der Waals surface area contributed by atoms with Crippen molar-refractivity contribution in [2.45, 2.75) is 49.2 Å². The predicted molar refractivity (Wildman–Crippen MR) is 188 cm³/mol.